The van der Waals surface area contributed by atoms with Crippen LogP contribution in [0, 0.1) is 5.82 Å². The lowest BCUT2D eigenvalue weighted by Gasteiger charge is -2.22. The monoisotopic (exact) mass is 363 g/mol. The maximum atomic E-state index is 13.7. The SMILES string of the molecule is CN=C(NCCS(=O)(=O)c1ccccc1F)N(C)Cc1ccccc1. The van der Waals surface area contributed by atoms with Crippen LogP contribution in [-0.4, -0.2) is 45.7 Å². The van der Waals surface area contributed by atoms with E-state index < -0.39 is 15.7 Å². The molecule has 1 N–H and O–H groups in total. The average molecular weight is 363 g/mol. The van der Waals surface area contributed by atoms with E-state index in [4.69, 9.17) is 0 Å². The number of rotatable bonds is 6. The molecule has 5 nitrogen and oxygen atoms in total. The summed E-state index contributed by atoms with van der Waals surface area (Å²) < 4.78 is 38.2. The molecule has 0 aliphatic carbocycles. The van der Waals surface area contributed by atoms with Crippen LogP contribution in [0.3, 0.4) is 0 Å². The van der Waals surface area contributed by atoms with Crippen molar-refractivity contribution >= 4 is 15.8 Å². The highest BCUT2D eigenvalue weighted by atomic mass is 32.2. The second kappa shape index (κ2) is 8.62. The van der Waals surface area contributed by atoms with Crippen LogP contribution in [0.25, 0.3) is 0 Å². The third-order valence-electron chi connectivity index (χ3n) is 3.66. The lowest BCUT2D eigenvalue weighted by molar-refractivity contribution is 0.478. The number of benzene rings is 2. The van der Waals surface area contributed by atoms with E-state index in [9.17, 15) is 12.8 Å². The first-order valence-corrected chi connectivity index (χ1v) is 9.52. The Hall–Kier alpha value is -2.41. The Balaban J connectivity index is 1.94. The zero-order valence-corrected chi connectivity index (χ0v) is 15.1. The van der Waals surface area contributed by atoms with Crippen molar-refractivity contribution in [3.05, 3.63) is 66.0 Å². The Labute approximate surface area is 148 Å². The standard InChI is InChI=1S/C18H22FN3O2S/c1-20-18(22(2)14-15-8-4-3-5-9-15)21-12-13-25(23,24)17-11-7-6-10-16(17)19/h3-11H,12-14H2,1-2H3,(H,20,21). The first-order chi connectivity index (χ1) is 11.9. The Bertz CT molecular complexity index is 823. The largest absolute Gasteiger partial charge is 0.355 e. The summed E-state index contributed by atoms with van der Waals surface area (Å²) in [6.07, 6.45) is 0. The summed E-state index contributed by atoms with van der Waals surface area (Å²) in [6.45, 7) is 0.781. The third-order valence-corrected chi connectivity index (χ3v) is 5.40. The van der Waals surface area contributed by atoms with Crippen molar-refractivity contribution in [3.63, 3.8) is 0 Å². The van der Waals surface area contributed by atoms with Crippen LogP contribution in [0.1, 0.15) is 5.56 Å². The van der Waals surface area contributed by atoms with Gasteiger partial charge in [0, 0.05) is 27.2 Å². The van der Waals surface area contributed by atoms with E-state index >= 15 is 0 Å². The maximum Gasteiger partial charge on any atom is 0.193 e. The van der Waals surface area contributed by atoms with Crippen LogP contribution < -0.4 is 5.32 Å². The minimum Gasteiger partial charge on any atom is -0.355 e. The molecule has 0 radical (unpaired) electrons. The fraction of sp³-hybridized carbons (Fsp3) is 0.278. The van der Waals surface area contributed by atoms with Gasteiger partial charge in [0.2, 0.25) is 0 Å². The minimum absolute atomic E-state index is 0.141. The summed E-state index contributed by atoms with van der Waals surface area (Å²) in [5.74, 6) is -0.368. The zero-order valence-electron chi connectivity index (χ0n) is 14.3. The normalized spacial score (nSPS) is 12.0. The van der Waals surface area contributed by atoms with E-state index in [1.807, 2.05) is 42.3 Å². The molecular formula is C18H22FN3O2S. The van der Waals surface area contributed by atoms with Gasteiger partial charge in [0.1, 0.15) is 10.7 Å². The Kier molecular flexibility index (Phi) is 6.52. The molecule has 0 unspecified atom stereocenters. The fourth-order valence-electron chi connectivity index (χ4n) is 2.42. The van der Waals surface area contributed by atoms with E-state index in [2.05, 4.69) is 10.3 Å². The van der Waals surface area contributed by atoms with Crippen LogP contribution in [0.2, 0.25) is 0 Å². The topological polar surface area (TPSA) is 61.8 Å². The highest BCUT2D eigenvalue weighted by Gasteiger charge is 2.18. The molecule has 134 valence electrons. The van der Waals surface area contributed by atoms with Gasteiger partial charge in [0.05, 0.1) is 5.75 Å². The summed E-state index contributed by atoms with van der Waals surface area (Å²) in [5, 5.41) is 3.01. The first-order valence-electron chi connectivity index (χ1n) is 7.87. The molecule has 25 heavy (non-hydrogen) atoms. The van der Waals surface area contributed by atoms with Gasteiger partial charge in [-0.3, -0.25) is 4.99 Å². The number of sulfone groups is 1. The molecule has 0 amide bonds. The van der Waals surface area contributed by atoms with Gasteiger partial charge in [-0.05, 0) is 17.7 Å². The van der Waals surface area contributed by atoms with Gasteiger partial charge in [-0.15, -0.1) is 0 Å². The number of guanidine groups is 1. The second-order valence-electron chi connectivity index (χ2n) is 5.56. The number of nitrogens with zero attached hydrogens (tertiary/aromatic N) is 2. The van der Waals surface area contributed by atoms with Crippen LogP contribution in [-0.2, 0) is 16.4 Å². The van der Waals surface area contributed by atoms with Gasteiger partial charge >= 0.3 is 0 Å². The maximum absolute atomic E-state index is 13.7. The lowest BCUT2D eigenvalue weighted by Crippen LogP contribution is -2.40. The van der Waals surface area contributed by atoms with E-state index in [0.29, 0.717) is 12.5 Å². The molecule has 0 saturated heterocycles. The van der Waals surface area contributed by atoms with E-state index in [1.54, 1.807) is 7.05 Å². The van der Waals surface area contributed by atoms with Crippen molar-refractivity contribution in [2.75, 3.05) is 26.4 Å². The minimum atomic E-state index is -3.69. The van der Waals surface area contributed by atoms with E-state index in [-0.39, 0.29) is 17.2 Å². The lowest BCUT2D eigenvalue weighted by atomic mass is 10.2. The number of hydrogen-bond donors (Lipinski definition) is 1. The molecule has 2 aromatic carbocycles. The molecule has 0 aliphatic heterocycles. The summed E-state index contributed by atoms with van der Waals surface area (Å²) in [4.78, 5) is 5.78. The molecule has 0 spiro atoms. The van der Waals surface area contributed by atoms with Crippen molar-refractivity contribution in [1.82, 2.24) is 10.2 Å². The number of hydrogen-bond acceptors (Lipinski definition) is 3. The van der Waals surface area contributed by atoms with E-state index in [1.165, 1.54) is 18.2 Å². The zero-order chi connectivity index (χ0) is 18.3. The third kappa shape index (κ3) is 5.29. The quantitative estimate of drug-likeness (QED) is 0.632. The second-order valence-corrected chi connectivity index (χ2v) is 7.64. The van der Waals surface area contributed by atoms with Crippen LogP contribution in [0.15, 0.2) is 64.5 Å². The summed E-state index contributed by atoms with van der Waals surface area (Å²) >= 11 is 0. The molecule has 0 aliphatic rings. The Morgan fingerprint density at radius 1 is 1.12 bits per heavy atom. The average Bonchev–Trinajstić information content (AvgIpc) is 2.59. The van der Waals surface area contributed by atoms with Crippen molar-refractivity contribution in [2.45, 2.75) is 11.4 Å². The Morgan fingerprint density at radius 3 is 2.40 bits per heavy atom. The fourth-order valence-corrected chi connectivity index (χ4v) is 3.66. The summed E-state index contributed by atoms with van der Waals surface area (Å²) in [6, 6.07) is 15.3. The van der Waals surface area contributed by atoms with E-state index in [0.717, 1.165) is 11.6 Å². The highest BCUT2D eigenvalue weighted by Crippen LogP contribution is 2.14. The number of nitrogens with one attached hydrogen (secondary N) is 1. The summed E-state index contributed by atoms with van der Waals surface area (Å²) in [7, 11) is -0.188. The predicted molar refractivity (Wildman–Crippen MR) is 97.7 cm³/mol. The van der Waals surface area contributed by atoms with Gasteiger partial charge in [-0.2, -0.15) is 0 Å². The van der Waals surface area contributed by atoms with Crippen LogP contribution >= 0.6 is 0 Å². The number of aliphatic imine (C=N–C) groups is 1. The van der Waals surface area contributed by atoms with Crippen LogP contribution in [0.4, 0.5) is 4.39 Å². The van der Waals surface area contributed by atoms with Crippen LogP contribution in [0.5, 0.6) is 0 Å². The van der Waals surface area contributed by atoms with Gasteiger partial charge in [-0.25, -0.2) is 12.8 Å². The molecule has 7 heteroatoms. The first kappa shape index (κ1) is 18.9. The number of halogens is 1. The van der Waals surface area contributed by atoms with Crippen molar-refractivity contribution in [2.24, 2.45) is 4.99 Å². The smallest absolute Gasteiger partial charge is 0.193 e. The molecule has 0 heterocycles. The van der Waals surface area contributed by atoms with Crippen molar-refractivity contribution in [1.29, 1.82) is 0 Å². The highest BCUT2D eigenvalue weighted by molar-refractivity contribution is 7.91. The molecule has 0 bridgehead atoms. The predicted octanol–water partition coefficient (Wildman–Crippen LogP) is 2.31. The summed E-state index contributed by atoms with van der Waals surface area (Å²) in [5.41, 5.74) is 1.12. The molecule has 0 aromatic heterocycles. The van der Waals surface area contributed by atoms with Gasteiger partial charge in [-0.1, -0.05) is 42.5 Å². The molecule has 2 rings (SSSR count). The molecule has 0 saturated carbocycles. The van der Waals surface area contributed by atoms with Crippen molar-refractivity contribution < 1.29 is 12.8 Å². The molecular weight excluding hydrogens is 341 g/mol. The molecule has 0 atom stereocenters. The Morgan fingerprint density at radius 2 is 1.76 bits per heavy atom. The van der Waals surface area contributed by atoms with Gasteiger partial charge < -0.3 is 10.2 Å². The van der Waals surface area contributed by atoms with Gasteiger partial charge in [0.15, 0.2) is 15.8 Å². The molecule has 2 aromatic rings. The van der Waals surface area contributed by atoms with Crippen molar-refractivity contribution in [3.8, 4) is 0 Å². The molecule has 0 fully saturated rings. The van der Waals surface area contributed by atoms with Gasteiger partial charge in [0.25, 0.3) is 0 Å².